The molecule has 5 nitrogen and oxygen atoms in total. The van der Waals surface area contributed by atoms with Crippen LogP contribution in [0, 0.1) is 4.91 Å². The summed E-state index contributed by atoms with van der Waals surface area (Å²) in [7, 11) is 0. The maximum absolute atomic E-state index is 10.9. The van der Waals surface area contributed by atoms with Crippen LogP contribution < -0.4 is 10.1 Å². The van der Waals surface area contributed by atoms with Crippen LogP contribution >= 0.6 is 0 Å². The van der Waals surface area contributed by atoms with Crippen LogP contribution in [-0.4, -0.2) is 12.6 Å². The van der Waals surface area contributed by atoms with E-state index in [4.69, 9.17) is 4.74 Å². The van der Waals surface area contributed by atoms with Crippen LogP contribution in [0.5, 0.6) is 5.75 Å². The van der Waals surface area contributed by atoms with E-state index in [-0.39, 0.29) is 5.56 Å². The van der Waals surface area contributed by atoms with Gasteiger partial charge in [-0.15, -0.1) is 4.91 Å². The molecule has 66 valence electrons. The fraction of sp³-hybridized carbons (Fsp3) is 0.125. The lowest BCUT2D eigenvalue weighted by Crippen LogP contribution is -1.97. The molecule has 1 aliphatic heterocycles. The summed E-state index contributed by atoms with van der Waals surface area (Å²) in [4.78, 5) is 20.8. The van der Waals surface area contributed by atoms with Gasteiger partial charge in [0, 0.05) is 10.7 Å². The summed E-state index contributed by atoms with van der Waals surface area (Å²) in [5, 5.41) is 5.23. The summed E-state index contributed by atoms with van der Waals surface area (Å²) >= 11 is 0. The number of carbonyl (C=O) groups is 1. The standard InChI is InChI=1S/C8H6N2O3/c11-8(10-12)5-1-2-7-6(3-5)9-4-13-7/h1-3,9H,4H2. The third kappa shape index (κ3) is 1.24. The van der Waals surface area contributed by atoms with Crippen molar-refractivity contribution in [3.8, 4) is 5.75 Å². The van der Waals surface area contributed by atoms with Gasteiger partial charge >= 0.3 is 5.91 Å². The average Bonchev–Trinajstić information content (AvgIpc) is 2.63. The van der Waals surface area contributed by atoms with Crippen LogP contribution in [0.25, 0.3) is 0 Å². The molecular weight excluding hydrogens is 172 g/mol. The van der Waals surface area contributed by atoms with Gasteiger partial charge in [-0.1, -0.05) is 0 Å². The first-order valence-corrected chi connectivity index (χ1v) is 3.69. The van der Waals surface area contributed by atoms with E-state index in [1.807, 2.05) is 0 Å². The minimum absolute atomic E-state index is 0.270. The summed E-state index contributed by atoms with van der Waals surface area (Å²) in [6, 6.07) is 4.69. The predicted octanol–water partition coefficient (Wildman–Crippen LogP) is 1.35. The van der Waals surface area contributed by atoms with Gasteiger partial charge in [-0.25, -0.2) is 0 Å². The van der Waals surface area contributed by atoms with Crippen molar-refractivity contribution in [1.29, 1.82) is 0 Å². The monoisotopic (exact) mass is 178 g/mol. The third-order valence-corrected chi connectivity index (χ3v) is 1.80. The Labute approximate surface area is 73.7 Å². The van der Waals surface area contributed by atoms with E-state index in [0.29, 0.717) is 12.5 Å². The van der Waals surface area contributed by atoms with Gasteiger partial charge in [-0.2, -0.15) is 0 Å². The Balaban J connectivity index is 2.41. The number of carbonyl (C=O) groups excluding carboxylic acids is 1. The number of hydrogen-bond donors (Lipinski definition) is 1. The van der Waals surface area contributed by atoms with Gasteiger partial charge in [0.25, 0.3) is 0 Å². The number of nitrogens with zero attached hydrogens (tertiary/aromatic N) is 1. The van der Waals surface area contributed by atoms with Gasteiger partial charge in [0.2, 0.25) is 0 Å². The average molecular weight is 178 g/mol. The second-order valence-corrected chi connectivity index (χ2v) is 2.57. The molecule has 1 amide bonds. The van der Waals surface area contributed by atoms with Crippen molar-refractivity contribution >= 4 is 11.6 Å². The Morgan fingerprint density at radius 3 is 3.15 bits per heavy atom. The van der Waals surface area contributed by atoms with Crippen LogP contribution in [0.1, 0.15) is 10.4 Å². The summed E-state index contributed by atoms with van der Waals surface area (Å²) in [5.41, 5.74) is 0.987. The van der Waals surface area contributed by atoms with Crippen molar-refractivity contribution < 1.29 is 9.53 Å². The highest BCUT2D eigenvalue weighted by Crippen LogP contribution is 2.29. The molecule has 13 heavy (non-hydrogen) atoms. The quantitative estimate of drug-likeness (QED) is 0.659. The summed E-state index contributed by atoms with van der Waals surface area (Å²) in [5.74, 6) is -0.0843. The molecule has 0 saturated heterocycles. The van der Waals surface area contributed by atoms with E-state index in [9.17, 15) is 9.70 Å². The minimum atomic E-state index is -0.767. The third-order valence-electron chi connectivity index (χ3n) is 1.80. The maximum Gasteiger partial charge on any atom is 0.316 e. The number of hydrogen-bond acceptors (Lipinski definition) is 4. The zero-order valence-electron chi connectivity index (χ0n) is 6.61. The molecule has 0 bridgehead atoms. The highest BCUT2D eigenvalue weighted by atomic mass is 16.5. The largest absolute Gasteiger partial charge is 0.471 e. The topological polar surface area (TPSA) is 67.8 Å². The molecule has 1 aromatic rings. The second-order valence-electron chi connectivity index (χ2n) is 2.57. The highest BCUT2D eigenvalue weighted by Gasteiger charge is 2.14. The Bertz CT molecular complexity index is 376. The van der Waals surface area contributed by atoms with Crippen molar-refractivity contribution in [2.24, 2.45) is 5.18 Å². The van der Waals surface area contributed by atoms with Gasteiger partial charge in [-0.05, 0) is 18.2 Å². The molecule has 5 heteroatoms. The molecule has 1 aliphatic rings. The molecule has 2 rings (SSSR count). The van der Waals surface area contributed by atoms with Crippen molar-refractivity contribution in [3.63, 3.8) is 0 Å². The number of ether oxygens (including phenoxy) is 1. The van der Waals surface area contributed by atoms with Crippen molar-refractivity contribution in [3.05, 3.63) is 28.7 Å². The first kappa shape index (κ1) is 7.72. The van der Waals surface area contributed by atoms with Crippen molar-refractivity contribution in [1.82, 2.24) is 0 Å². The molecule has 0 fully saturated rings. The lowest BCUT2D eigenvalue weighted by Gasteiger charge is -1.97. The Hall–Kier alpha value is -1.91. The Kier molecular flexibility index (Phi) is 1.70. The van der Waals surface area contributed by atoms with E-state index < -0.39 is 5.91 Å². The smallest absolute Gasteiger partial charge is 0.316 e. The molecule has 0 saturated carbocycles. The summed E-state index contributed by atoms with van der Waals surface area (Å²) in [6.45, 7) is 0.390. The van der Waals surface area contributed by atoms with Gasteiger partial charge in [0.1, 0.15) is 5.75 Å². The van der Waals surface area contributed by atoms with E-state index in [2.05, 4.69) is 10.5 Å². The van der Waals surface area contributed by atoms with Crippen LogP contribution in [0.3, 0.4) is 0 Å². The number of nitrogens with one attached hydrogen (secondary N) is 1. The van der Waals surface area contributed by atoms with Gasteiger partial charge < -0.3 is 10.1 Å². The van der Waals surface area contributed by atoms with E-state index in [1.165, 1.54) is 6.07 Å². The molecule has 1 heterocycles. The molecule has 1 aromatic carbocycles. The number of fused-ring (bicyclic) bond motifs is 1. The molecule has 0 radical (unpaired) electrons. The van der Waals surface area contributed by atoms with Crippen molar-refractivity contribution in [2.45, 2.75) is 0 Å². The van der Waals surface area contributed by atoms with E-state index >= 15 is 0 Å². The van der Waals surface area contributed by atoms with Crippen LogP contribution in [-0.2, 0) is 0 Å². The first-order valence-electron chi connectivity index (χ1n) is 3.69. The fourth-order valence-electron chi connectivity index (χ4n) is 1.17. The molecular formula is C8H6N2O3. The summed E-state index contributed by atoms with van der Waals surface area (Å²) in [6.07, 6.45) is 0. The Morgan fingerprint density at radius 2 is 2.38 bits per heavy atom. The maximum atomic E-state index is 10.9. The SMILES string of the molecule is O=NC(=O)c1ccc2c(c1)NCO2. The zero-order chi connectivity index (χ0) is 9.26. The van der Waals surface area contributed by atoms with Crippen LogP contribution in [0.4, 0.5) is 5.69 Å². The lowest BCUT2D eigenvalue weighted by atomic mass is 10.2. The molecule has 0 spiro atoms. The Morgan fingerprint density at radius 1 is 1.54 bits per heavy atom. The number of nitroso groups, excluding NO2 is 1. The number of benzene rings is 1. The highest BCUT2D eigenvalue weighted by molar-refractivity contribution is 5.96. The first-order chi connectivity index (χ1) is 6.31. The second kappa shape index (κ2) is 2.85. The molecule has 1 N–H and O–H groups in total. The molecule has 0 aromatic heterocycles. The number of anilines is 1. The molecule has 0 atom stereocenters. The van der Waals surface area contributed by atoms with Gasteiger partial charge in [0.15, 0.2) is 6.73 Å². The van der Waals surface area contributed by atoms with Gasteiger partial charge in [-0.3, -0.25) is 4.79 Å². The number of amides is 1. The van der Waals surface area contributed by atoms with Gasteiger partial charge in [0.05, 0.1) is 5.69 Å². The normalized spacial score (nSPS) is 12.6. The number of rotatable bonds is 1. The predicted molar refractivity (Wildman–Crippen MR) is 45.7 cm³/mol. The van der Waals surface area contributed by atoms with Crippen molar-refractivity contribution in [2.75, 3.05) is 12.0 Å². The minimum Gasteiger partial charge on any atom is -0.471 e. The van der Waals surface area contributed by atoms with E-state index in [1.54, 1.807) is 12.1 Å². The fourth-order valence-corrected chi connectivity index (χ4v) is 1.17. The summed E-state index contributed by atoms with van der Waals surface area (Å²) < 4.78 is 5.14. The lowest BCUT2D eigenvalue weighted by molar-refractivity contribution is 0.100. The molecule has 0 unspecified atom stereocenters. The molecule has 0 aliphatic carbocycles. The zero-order valence-corrected chi connectivity index (χ0v) is 6.61. The van der Waals surface area contributed by atoms with Crippen LogP contribution in [0.2, 0.25) is 0 Å². The van der Waals surface area contributed by atoms with Crippen LogP contribution in [0.15, 0.2) is 23.4 Å². The van der Waals surface area contributed by atoms with E-state index in [0.717, 1.165) is 5.69 Å².